The lowest BCUT2D eigenvalue weighted by Crippen LogP contribution is -2.51. The quantitative estimate of drug-likeness (QED) is 0.363. The van der Waals surface area contributed by atoms with E-state index in [1.165, 1.54) is 12.1 Å². The summed E-state index contributed by atoms with van der Waals surface area (Å²) in [6.45, 7) is 4.86. The standard InChI is InChI=1S/C20H29N3O3S/c1-15(2)13-22-23-19(12-16-6-4-3-5-7-16)20(24)14-27(25,26)18-10-8-17(21)9-11-18/h3-11,15,19-20,22-24H,12-14,21H2,1-2H3/t19-,20-/m0/s1. The number of aliphatic hydroxyl groups excluding tert-OH is 1. The molecule has 0 aliphatic heterocycles. The molecule has 0 amide bonds. The van der Waals surface area contributed by atoms with Crippen molar-refractivity contribution < 1.29 is 13.5 Å². The molecule has 6 nitrogen and oxygen atoms in total. The van der Waals surface area contributed by atoms with Gasteiger partial charge in [0.05, 0.1) is 22.8 Å². The van der Waals surface area contributed by atoms with Crippen molar-refractivity contribution in [3.63, 3.8) is 0 Å². The van der Waals surface area contributed by atoms with Gasteiger partial charge in [-0.25, -0.2) is 8.42 Å². The number of rotatable bonds is 10. The van der Waals surface area contributed by atoms with Gasteiger partial charge in [0, 0.05) is 12.2 Å². The second-order valence-electron chi connectivity index (χ2n) is 7.13. The van der Waals surface area contributed by atoms with E-state index in [0.717, 1.165) is 5.56 Å². The molecule has 2 aromatic carbocycles. The zero-order valence-electron chi connectivity index (χ0n) is 15.8. The number of hydrazine groups is 1. The van der Waals surface area contributed by atoms with E-state index in [0.29, 0.717) is 24.6 Å². The minimum Gasteiger partial charge on any atom is -0.399 e. The zero-order chi connectivity index (χ0) is 19.9. The first-order valence-corrected chi connectivity index (χ1v) is 10.7. The van der Waals surface area contributed by atoms with Crippen LogP contribution in [0.5, 0.6) is 0 Å². The van der Waals surface area contributed by atoms with Crippen LogP contribution < -0.4 is 16.6 Å². The lowest BCUT2D eigenvalue weighted by atomic mass is 10.0. The highest BCUT2D eigenvalue weighted by atomic mass is 32.2. The second-order valence-corrected chi connectivity index (χ2v) is 9.17. The predicted molar refractivity (Wildman–Crippen MR) is 109 cm³/mol. The van der Waals surface area contributed by atoms with Crippen LogP contribution in [-0.4, -0.2) is 38.0 Å². The summed E-state index contributed by atoms with van der Waals surface area (Å²) < 4.78 is 25.3. The Kier molecular flexibility index (Phi) is 7.79. The van der Waals surface area contributed by atoms with E-state index in [9.17, 15) is 13.5 Å². The van der Waals surface area contributed by atoms with Crippen LogP contribution in [0.25, 0.3) is 0 Å². The van der Waals surface area contributed by atoms with Crippen molar-refractivity contribution in [1.82, 2.24) is 10.9 Å². The van der Waals surface area contributed by atoms with Crippen LogP contribution in [0.15, 0.2) is 59.5 Å². The Morgan fingerprint density at radius 3 is 2.26 bits per heavy atom. The SMILES string of the molecule is CC(C)CNN[C@@H](Cc1ccccc1)[C@@H](O)CS(=O)(=O)c1ccc(N)cc1. The summed E-state index contributed by atoms with van der Waals surface area (Å²) in [7, 11) is -3.63. The minimum atomic E-state index is -3.63. The highest BCUT2D eigenvalue weighted by Gasteiger charge is 2.26. The van der Waals surface area contributed by atoms with Crippen LogP contribution in [0, 0.1) is 5.92 Å². The fourth-order valence-electron chi connectivity index (χ4n) is 2.66. The Morgan fingerprint density at radius 1 is 1.04 bits per heavy atom. The van der Waals surface area contributed by atoms with Crippen LogP contribution in [0.3, 0.4) is 0 Å². The van der Waals surface area contributed by atoms with Crippen LogP contribution in [0.1, 0.15) is 19.4 Å². The van der Waals surface area contributed by atoms with Gasteiger partial charge in [0.1, 0.15) is 0 Å². The van der Waals surface area contributed by atoms with Gasteiger partial charge < -0.3 is 10.8 Å². The number of nitrogens with two attached hydrogens (primary N) is 1. The van der Waals surface area contributed by atoms with Crippen molar-refractivity contribution in [2.24, 2.45) is 5.92 Å². The van der Waals surface area contributed by atoms with E-state index < -0.39 is 22.0 Å². The van der Waals surface area contributed by atoms with Crippen molar-refractivity contribution >= 4 is 15.5 Å². The fourth-order valence-corrected chi connectivity index (χ4v) is 4.08. The normalized spacial score (nSPS) is 14.2. The summed E-state index contributed by atoms with van der Waals surface area (Å²) in [5.74, 6) is 0.0515. The minimum absolute atomic E-state index is 0.157. The third-order valence-electron chi connectivity index (χ3n) is 4.19. The van der Waals surface area contributed by atoms with Gasteiger partial charge >= 0.3 is 0 Å². The van der Waals surface area contributed by atoms with Crippen molar-refractivity contribution in [2.75, 3.05) is 18.0 Å². The van der Waals surface area contributed by atoms with Crippen molar-refractivity contribution in [2.45, 2.75) is 37.3 Å². The Morgan fingerprint density at radius 2 is 1.67 bits per heavy atom. The molecule has 0 heterocycles. The molecule has 0 radical (unpaired) electrons. The summed E-state index contributed by atoms with van der Waals surface area (Å²) >= 11 is 0. The molecule has 0 spiro atoms. The number of aliphatic hydroxyl groups is 1. The maximum atomic E-state index is 12.6. The molecule has 2 aromatic rings. The van der Waals surface area contributed by atoms with Gasteiger partial charge in [-0.2, -0.15) is 0 Å². The number of hydrogen-bond acceptors (Lipinski definition) is 6. The zero-order valence-corrected chi connectivity index (χ0v) is 16.6. The highest BCUT2D eigenvalue weighted by molar-refractivity contribution is 7.91. The van der Waals surface area contributed by atoms with Gasteiger partial charge in [-0.1, -0.05) is 44.2 Å². The first kappa shape index (κ1) is 21.4. The van der Waals surface area contributed by atoms with Crippen LogP contribution in [-0.2, 0) is 16.3 Å². The lowest BCUT2D eigenvalue weighted by molar-refractivity contribution is 0.137. The number of benzene rings is 2. The molecule has 0 unspecified atom stereocenters. The fraction of sp³-hybridized carbons (Fsp3) is 0.400. The molecule has 2 atom stereocenters. The summed E-state index contributed by atoms with van der Waals surface area (Å²) in [6.07, 6.45) is -0.572. The molecule has 0 aromatic heterocycles. The van der Waals surface area contributed by atoms with E-state index in [-0.39, 0.29) is 10.6 Å². The number of sulfone groups is 1. The van der Waals surface area contributed by atoms with Gasteiger partial charge in [0.2, 0.25) is 0 Å². The molecule has 0 saturated carbocycles. The molecule has 148 valence electrons. The average molecular weight is 392 g/mol. The topological polar surface area (TPSA) is 104 Å². The first-order valence-electron chi connectivity index (χ1n) is 9.06. The van der Waals surface area contributed by atoms with Gasteiger partial charge in [-0.15, -0.1) is 0 Å². The molecule has 27 heavy (non-hydrogen) atoms. The molecule has 5 N–H and O–H groups in total. The molecular formula is C20H29N3O3S. The Hall–Kier alpha value is -1.93. The van der Waals surface area contributed by atoms with Crippen LogP contribution >= 0.6 is 0 Å². The number of nitrogen functional groups attached to an aromatic ring is 1. The molecule has 0 fully saturated rings. The van der Waals surface area contributed by atoms with E-state index >= 15 is 0 Å². The van der Waals surface area contributed by atoms with E-state index in [1.807, 2.05) is 30.3 Å². The van der Waals surface area contributed by atoms with Gasteiger partial charge in [0.25, 0.3) is 0 Å². The molecule has 7 heteroatoms. The van der Waals surface area contributed by atoms with E-state index in [1.54, 1.807) is 12.1 Å². The smallest absolute Gasteiger partial charge is 0.180 e. The number of nitrogens with one attached hydrogen (secondary N) is 2. The van der Waals surface area contributed by atoms with Crippen LogP contribution in [0.2, 0.25) is 0 Å². The average Bonchev–Trinajstić information content (AvgIpc) is 2.61. The second kappa shape index (κ2) is 9.85. The highest BCUT2D eigenvalue weighted by Crippen LogP contribution is 2.16. The van der Waals surface area contributed by atoms with Gasteiger partial charge in [0.15, 0.2) is 9.84 Å². The Labute approximate surface area is 161 Å². The van der Waals surface area contributed by atoms with Gasteiger partial charge in [-0.05, 0) is 42.2 Å². The summed E-state index contributed by atoms with van der Waals surface area (Å²) in [6, 6.07) is 15.3. The summed E-state index contributed by atoms with van der Waals surface area (Å²) in [4.78, 5) is 0.157. The first-order chi connectivity index (χ1) is 12.8. The molecule has 2 rings (SSSR count). The predicted octanol–water partition coefficient (Wildman–Crippen LogP) is 1.76. The number of anilines is 1. The van der Waals surface area contributed by atoms with Crippen LogP contribution in [0.4, 0.5) is 5.69 Å². The van der Waals surface area contributed by atoms with Crippen molar-refractivity contribution in [3.05, 3.63) is 60.2 Å². The molecule has 0 aliphatic rings. The Balaban J connectivity index is 2.11. The molecule has 0 saturated heterocycles. The van der Waals surface area contributed by atoms with Gasteiger partial charge in [-0.3, -0.25) is 10.9 Å². The molecular weight excluding hydrogens is 362 g/mol. The van der Waals surface area contributed by atoms with E-state index in [2.05, 4.69) is 24.7 Å². The third-order valence-corrected chi connectivity index (χ3v) is 5.96. The Bertz CT molecular complexity index is 793. The molecule has 0 aliphatic carbocycles. The number of hydrogen-bond donors (Lipinski definition) is 4. The summed E-state index contributed by atoms with van der Waals surface area (Å²) in [5, 5.41) is 10.7. The summed E-state index contributed by atoms with van der Waals surface area (Å²) in [5.41, 5.74) is 13.3. The maximum Gasteiger partial charge on any atom is 0.180 e. The van der Waals surface area contributed by atoms with E-state index in [4.69, 9.17) is 5.73 Å². The lowest BCUT2D eigenvalue weighted by Gasteiger charge is -2.25. The largest absolute Gasteiger partial charge is 0.399 e. The maximum absolute atomic E-state index is 12.6. The third kappa shape index (κ3) is 6.95. The monoisotopic (exact) mass is 391 g/mol. The van der Waals surface area contributed by atoms with Crippen molar-refractivity contribution in [1.29, 1.82) is 0 Å². The molecule has 0 bridgehead atoms. The van der Waals surface area contributed by atoms with Crippen molar-refractivity contribution in [3.8, 4) is 0 Å².